The van der Waals surface area contributed by atoms with Gasteiger partial charge in [-0.3, -0.25) is 9.88 Å². The lowest BCUT2D eigenvalue weighted by atomic mass is 10.0. The van der Waals surface area contributed by atoms with Gasteiger partial charge in [-0.2, -0.15) is 0 Å². The lowest BCUT2D eigenvalue weighted by molar-refractivity contribution is 0.153. The van der Waals surface area contributed by atoms with Crippen molar-refractivity contribution in [1.29, 1.82) is 0 Å². The minimum absolute atomic E-state index is 0. The quantitative estimate of drug-likeness (QED) is 0.651. The predicted molar refractivity (Wildman–Crippen MR) is 115 cm³/mol. The lowest BCUT2D eigenvalue weighted by Gasteiger charge is -2.36. The number of hydrogen-bond acceptors (Lipinski definition) is 4. The van der Waals surface area contributed by atoms with Crippen LogP contribution in [-0.2, 0) is 13.2 Å². The molecule has 0 amide bonds. The molecule has 1 fully saturated rings. The normalized spacial score (nSPS) is 16.8. The van der Waals surface area contributed by atoms with Gasteiger partial charge < -0.3 is 10.1 Å². The maximum absolute atomic E-state index is 13.0. The number of ether oxygens (including phenoxy) is 1. The molecule has 6 heteroatoms. The van der Waals surface area contributed by atoms with Gasteiger partial charge in [0.25, 0.3) is 0 Å². The van der Waals surface area contributed by atoms with Crippen LogP contribution in [0.4, 0.5) is 4.39 Å². The molecule has 0 radical (unpaired) electrons. The van der Waals surface area contributed by atoms with Gasteiger partial charge in [-0.1, -0.05) is 30.3 Å². The van der Waals surface area contributed by atoms with E-state index in [0.717, 1.165) is 37.5 Å². The molecule has 2 heterocycles. The van der Waals surface area contributed by atoms with Crippen molar-refractivity contribution in [2.24, 2.45) is 0 Å². The predicted octanol–water partition coefficient (Wildman–Crippen LogP) is 4.37. The van der Waals surface area contributed by atoms with E-state index in [1.54, 1.807) is 12.1 Å². The van der Waals surface area contributed by atoms with Crippen LogP contribution in [0.3, 0.4) is 0 Å². The van der Waals surface area contributed by atoms with Gasteiger partial charge in [0.1, 0.15) is 18.2 Å². The molecule has 4 rings (SSSR count). The minimum atomic E-state index is -0.232. The third-order valence-electron chi connectivity index (χ3n) is 5.03. The van der Waals surface area contributed by atoms with E-state index in [2.05, 4.69) is 33.4 Å². The number of benzene rings is 2. The molecule has 3 aromatic rings. The van der Waals surface area contributed by atoms with Crippen molar-refractivity contribution in [1.82, 2.24) is 15.2 Å². The van der Waals surface area contributed by atoms with Crippen LogP contribution < -0.4 is 10.1 Å². The molecule has 2 aromatic carbocycles. The molecule has 4 nitrogen and oxygen atoms in total. The summed E-state index contributed by atoms with van der Waals surface area (Å²) in [4.78, 5) is 6.75. The zero-order valence-electron chi connectivity index (χ0n) is 16.1. The van der Waals surface area contributed by atoms with Crippen molar-refractivity contribution in [2.45, 2.75) is 19.2 Å². The Bertz CT molecular complexity index is 892. The van der Waals surface area contributed by atoms with Crippen molar-refractivity contribution in [3.63, 3.8) is 0 Å². The summed E-state index contributed by atoms with van der Waals surface area (Å²) < 4.78 is 18.9. The standard InChI is InChI=1S/C23H24FN3O.ClH/c24-21-8-6-18(7-9-21)17-28-22-5-1-3-19(13-22)16-27-12-11-26-15-23(27)20-4-2-10-25-14-20;/h1-10,13-14,23,26H,11-12,15-17H2;1H. The van der Waals surface area contributed by atoms with E-state index in [9.17, 15) is 4.39 Å². The highest BCUT2D eigenvalue weighted by molar-refractivity contribution is 5.85. The van der Waals surface area contributed by atoms with Crippen LogP contribution in [0, 0.1) is 5.82 Å². The zero-order valence-corrected chi connectivity index (χ0v) is 16.9. The summed E-state index contributed by atoms with van der Waals surface area (Å²) in [5.41, 5.74) is 3.40. The van der Waals surface area contributed by atoms with Gasteiger partial charge >= 0.3 is 0 Å². The Morgan fingerprint density at radius 2 is 1.93 bits per heavy atom. The van der Waals surface area contributed by atoms with E-state index in [0.29, 0.717) is 12.6 Å². The molecule has 0 spiro atoms. The molecule has 0 saturated carbocycles. The van der Waals surface area contributed by atoms with Crippen LogP contribution in [0.15, 0.2) is 73.1 Å². The van der Waals surface area contributed by atoms with Crippen LogP contribution in [-0.4, -0.2) is 29.5 Å². The average Bonchev–Trinajstić information content (AvgIpc) is 2.75. The fourth-order valence-corrected chi connectivity index (χ4v) is 3.55. The molecular weight excluding hydrogens is 389 g/mol. The monoisotopic (exact) mass is 413 g/mol. The Kier molecular flexibility index (Phi) is 7.58. The number of nitrogens with one attached hydrogen (secondary N) is 1. The van der Waals surface area contributed by atoms with Gasteiger partial charge in [-0.15, -0.1) is 12.4 Å². The van der Waals surface area contributed by atoms with Crippen LogP contribution in [0.2, 0.25) is 0 Å². The summed E-state index contributed by atoms with van der Waals surface area (Å²) in [5, 5.41) is 3.48. The Hall–Kier alpha value is -2.47. The van der Waals surface area contributed by atoms with Crippen molar-refractivity contribution in [2.75, 3.05) is 19.6 Å². The number of hydrogen-bond donors (Lipinski definition) is 1. The van der Waals surface area contributed by atoms with E-state index in [1.165, 1.54) is 23.3 Å². The van der Waals surface area contributed by atoms with E-state index in [4.69, 9.17) is 4.74 Å². The number of pyridine rings is 1. The first kappa shape index (κ1) is 21.2. The molecule has 152 valence electrons. The highest BCUT2D eigenvalue weighted by atomic mass is 35.5. The number of halogens is 2. The molecule has 1 aromatic heterocycles. The van der Waals surface area contributed by atoms with Crippen LogP contribution in [0.5, 0.6) is 5.75 Å². The van der Waals surface area contributed by atoms with Crippen LogP contribution >= 0.6 is 12.4 Å². The lowest BCUT2D eigenvalue weighted by Crippen LogP contribution is -2.45. The van der Waals surface area contributed by atoms with E-state index in [-0.39, 0.29) is 18.2 Å². The minimum Gasteiger partial charge on any atom is -0.489 e. The van der Waals surface area contributed by atoms with Crippen molar-refractivity contribution in [3.8, 4) is 5.75 Å². The molecule has 29 heavy (non-hydrogen) atoms. The Labute approximate surface area is 177 Å². The van der Waals surface area contributed by atoms with Gasteiger partial charge in [0.05, 0.1) is 0 Å². The summed E-state index contributed by atoms with van der Waals surface area (Å²) in [5.74, 6) is 0.597. The SMILES string of the molecule is Cl.Fc1ccc(COc2cccc(CN3CCNCC3c3cccnc3)c2)cc1. The Morgan fingerprint density at radius 1 is 1.07 bits per heavy atom. The third kappa shape index (κ3) is 5.76. The van der Waals surface area contributed by atoms with Gasteiger partial charge in [0.2, 0.25) is 0 Å². The van der Waals surface area contributed by atoms with Gasteiger partial charge in [-0.25, -0.2) is 4.39 Å². The summed E-state index contributed by atoms with van der Waals surface area (Å²) >= 11 is 0. The molecular formula is C23H25ClFN3O. The first-order valence-electron chi connectivity index (χ1n) is 9.59. The number of rotatable bonds is 6. The smallest absolute Gasteiger partial charge is 0.123 e. The maximum Gasteiger partial charge on any atom is 0.123 e. The molecule has 0 aliphatic carbocycles. The van der Waals surface area contributed by atoms with Gasteiger partial charge in [0.15, 0.2) is 0 Å². The fraction of sp³-hybridized carbons (Fsp3) is 0.261. The summed E-state index contributed by atoms with van der Waals surface area (Å²) in [6.45, 7) is 4.18. The number of piperazine rings is 1. The highest BCUT2D eigenvalue weighted by Crippen LogP contribution is 2.25. The number of aromatic nitrogens is 1. The summed E-state index contributed by atoms with van der Waals surface area (Å²) in [6.07, 6.45) is 3.76. The molecule has 1 aliphatic heterocycles. The Morgan fingerprint density at radius 3 is 2.72 bits per heavy atom. The highest BCUT2D eigenvalue weighted by Gasteiger charge is 2.23. The largest absolute Gasteiger partial charge is 0.489 e. The topological polar surface area (TPSA) is 37.4 Å². The summed E-state index contributed by atoms with van der Waals surface area (Å²) in [7, 11) is 0. The van der Waals surface area contributed by atoms with E-state index in [1.807, 2.05) is 30.6 Å². The maximum atomic E-state index is 13.0. The van der Waals surface area contributed by atoms with Crippen molar-refractivity contribution >= 4 is 12.4 Å². The van der Waals surface area contributed by atoms with Crippen LogP contribution in [0.25, 0.3) is 0 Å². The molecule has 1 N–H and O–H groups in total. The van der Waals surface area contributed by atoms with Crippen molar-refractivity contribution in [3.05, 3.63) is 95.6 Å². The van der Waals surface area contributed by atoms with Crippen LogP contribution in [0.1, 0.15) is 22.7 Å². The first-order valence-corrected chi connectivity index (χ1v) is 9.59. The zero-order chi connectivity index (χ0) is 19.2. The molecule has 0 bridgehead atoms. The van der Waals surface area contributed by atoms with Gasteiger partial charge in [-0.05, 0) is 47.0 Å². The van der Waals surface area contributed by atoms with E-state index >= 15 is 0 Å². The second-order valence-corrected chi connectivity index (χ2v) is 7.04. The summed E-state index contributed by atoms with van der Waals surface area (Å²) in [6, 6.07) is 19.1. The number of nitrogens with zero attached hydrogens (tertiary/aromatic N) is 2. The molecule has 1 aliphatic rings. The third-order valence-corrected chi connectivity index (χ3v) is 5.03. The van der Waals surface area contributed by atoms with Gasteiger partial charge in [0, 0.05) is 44.6 Å². The average molecular weight is 414 g/mol. The molecule has 1 saturated heterocycles. The molecule has 1 atom stereocenters. The Balaban J connectivity index is 0.00000240. The fourth-order valence-electron chi connectivity index (χ4n) is 3.55. The first-order chi connectivity index (χ1) is 13.8. The molecule has 1 unspecified atom stereocenters. The second-order valence-electron chi connectivity index (χ2n) is 7.04. The second kappa shape index (κ2) is 10.3. The van der Waals surface area contributed by atoms with Crippen molar-refractivity contribution < 1.29 is 9.13 Å². The van der Waals surface area contributed by atoms with E-state index < -0.39 is 0 Å².